The molecule has 3 heteroatoms. The van der Waals surface area contributed by atoms with Crippen LogP contribution in [0.15, 0.2) is 18.2 Å². The summed E-state index contributed by atoms with van der Waals surface area (Å²) in [6.07, 6.45) is 2.18. The van der Waals surface area contributed by atoms with E-state index in [-0.39, 0.29) is 11.9 Å². The molecule has 1 aromatic rings. The van der Waals surface area contributed by atoms with Gasteiger partial charge in [0.05, 0.1) is 5.69 Å². The number of nitrogens with two attached hydrogens (primary N) is 1. The maximum Gasteiger partial charge on any atom is 0.146 e. The summed E-state index contributed by atoms with van der Waals surface area (Å²) in [6.45, 7) is 7.77. The lowest BCUT2D eigenvalue weighted by molar-refractivity contribution is 0.607. The Labute approximate surface area is 104 Å². The van der Waals surface area contributed by atoms with E-state index in [1.54, 1.807) is 6.07 Å². The molecule has 0 aliphatic heterocycles. The van der Waals surface area contributed by atoms with Crippen LogP contribution in [0.3, 0.4) is 0 Å². The second-order valence-electron chi connectivity index (χ2n) is 4.40. The summed E-state index contributed by atoms with van der Waals surface area (Å²) in [5.74, 6) is -0.169. The normalized spacial score (nSPS) is 12.5. The van der Waals surface area contributed by atoms with Crippen molar-refractivity contribution >= 4 is 5.69 Å². The molecule has 1 rings (SSSR count). The van der Waals surface area contributed by atoms with Gasteiger partial charge in [-0.15, -0.1) is 0 Å². The average molecular weight is 238 g/mol. The molecule has 0 saturated heterocycles. The van der Waals surface area contributed by atoms with E-state index in [1.165, 1.54) is 6.07 Å². The van der Waals surface area contributed by atoms with E-state index < -0.39 is 0 Å². The molecule has 1 atom stereocenters. The lowest BCUT2D eigenvalue weighted by Crippen LogP contribution is -2.27. The molecule has 0 fully saturated rings. The number of hydrogen-bond donors (Lipinski definition) is 1. The molecule has 96 valence electrons. The Morgan fingerprint density at radius 3 is 2.59 bits per heavy atom. The maximum atomic E-state index is 14.0. The van der Waals surface area contributed by atoms with Gasteiger partial charge < -0.3 is 10.6 Å². The molecule has 0 radical (unpaired) electrons. The summed E-state index contributed by atoms with van der Waals surface area (Å²) in [4.78, 5) is 2.08. The molecule has 17 heavy (non-hydrogen) atoms. The monoisotopic (exact) mass is 238 g/mol. The molecular formula is C14H23FN2. The maximum absolute atomic E-state index is 14.0. The minimum atomic E-state index is -0.169. The third kappa shape index (κ3) is 3.43. The first kappa shape index (κ1) is 14.0. The largest absolute Gasteiger partial charge is 0.369 e. The van der Waals surface area contributed by atoms with Crippen molar-refractivity contribution in [3.8, 4) is 0 Å². The van der Waals surface area contributed by atoms with Gasteiger partial charge in [-0.05, 0) is 31.9 Å². The third-order valence-corrected chi connectivity index (χ3v) is 2.99. The Bertz CT molecular complexity index is 350. The van der Waals surface area contributed by atoms with Crippen LogP contribution in [0.5, 0.6) is 0 Å². The summed E-state index contributed by atoms with van der Waals surface area (Å²) in [5, 5.41) is 0. The highest BCUT2D eigenvalue weighted by molar-refractivity contribution is 5.56. The zero-order valence-electron chi connectivity index (χ0n) is 11.0. The van der Waals surface area contributed by atoms with Crippen LogP contribution in [-0.2, 0) is 0 Å². The van der Waals surface area contributed by atoms with Crippen molar-refractivity contribution in [2.75, 3.05) is 18.0 Å². The highest BCUT2D eigenvalue weighted by atomic mass is 19.1. The van der Waals surface area contributed by atoms with Gasteiger partial charge in [-0.25, -0.2) is 4.39 Å². The number of rotatable bonds is 6. The first-order valence-electron chi connectivity index (χ1n) is 6.40. The summed E-state index contributed by atoms with van der Waals surface area (Å²) >= 11 is 0. The second kappa shape index (κ2) is 6.60. The second-order valence-corrected chi connectivity index (χ2v) is 4.40. The first-order chi connectivity index (χ1) is 8.11. The van der Waals surface area contributed by atoms with E-state index in [0.717, 1.165) is 31.5 Å². The Hall–Kier alpha value is -1.09. The van der Waals surface area contributed by atoms with E-state index in [9.17, 15) is 4.39 Å². The summed E-state index contributed by atoms with van der Waals surface area (Å²) in [7, 11) is 0. The summed E-state index contributed by atoms with van der Waals surface area (Å²) in [5.41, 5.74) is 7.48. The van der Waals surface area contributed by atoms with E-state index in [1.807, 2.05) is 19.9 Å². The third-order valence-electron chi connectivity index (χ3n) is 2.99. The van der Waals surface area contributed by atoms with E-state index in [2.05, 4.69) is 11.8 Å². The number of anilines is 1. The van der Waals surface area contributed by atoms with Gasteiger partial charge in [0.2, 0.25) is 0 Å². The van der Waals surface area contributed by atoms with Gasteiger partial charge in [-0.3, -0.25) is 0 Å². The van der Waals surface area contributed by atoms with Gasteiger partial charge >= 0.3 is 0 Å². The standard InChI is InChI=1S/C14H23FN2/c1-4-6-10-17(5-2)14-12(11(3)16)8-7-9-13(14)15/h7-9,11H,4-6,10,16H2,1-3H3/t11-/m0/s1. The van der Waals surface area contributed by atoms with Crippen LogP contribution in [0.25, 0.3) is 0 Å². The number of hydrogen-bond acceptors (Lipinski definition) is 2. The highest BCUT2D eigenvalue weighted by Gasteiger charge is 2.16. The number of unbranched alkanes of at least 4 members (excludes halogenated alkanes) is 1. The van der Waals surface area contributed by atoms with Gasteiger partial charge in [0.1, 0.15) is 5.82 Å². The number of benzene rings is 1. The van der Waals surface area contributed by atoms with Crippen molar-refractivity contribution in [2.24, 2.45) is 5.73 Å². The zero-order chi connectivity index (χ0) is 12.8. The predicted octanol–water partition coefficient (Wildman–Crippen LogP) is 3.47. The molecule has 2 N–H and O–H groups in total. The van der Waals surface area contributed by atoms with E-state index >= 15 is 0 Å². The Morgan fingerprint density at radius 2 is 2.06 bits per heavy atom. The fourth-order valence-electron chi connectivity index (χ4n) is 2.01. The van der Waals surface area contributed by atoms with Crippen LogP contribution in [0, 0.1) is 5.82 Å². The Balaban J connectivity index is 3.07. The van der Waals surface area contributed by atoms with Crippen LogP contribution in [-0.4, -0.2) is 13.1 Å². The van der Waals surface area contributed by atoms with Crippen LogP contribution >= 0.6 is 0 Å². The molecule has 0 aliphatic rings. The molecule has 0 heterocycles. The lowest BCUT2D eigenvalue weighted by Gasteiger charge is -2.27. The average Bonchev–Trinajstić information content (AvgIpc) is 2.31. The minimum absolute atomic E-state index is 0.142. The quantitative estimate of drug-likeness (QED) is 0.822. The SMILES string of the molecule is CCCCN(CC)c1c(F)cccc1[C@H](C)N. The molecule has 2 nitrogen and oxygen atoms in total. The van der Waals surface area contributed by atoms with Gasteiger partial charge in [0.25, 0.3) is 0 Å². The van der Waals surface area contributed by atoms with Gasteiger partial charge in [-0.2, -0.15) is 0 Å². The number of nitrogens with zero attached hydrogens (tertiary/aromatic N) is 1. The molecular weight excluding hydrogens is 215 g/mol. The molecule has 1 aromatic carbocycles. The number of halogens is 1. The van der Waals surface area contributed by atoms with Gasteiger partial charge in [0, 0.05) is 19.1 Å². The zero-order valence-corrected chi connectivity index (χ0v) is 11.0. The molecule has 0 saturated carbocycles. The Kier molecular flexibility index (Phi) is 5.42. The molecule has 0 unspecified atom stereocenters. The summed E-state index contributed by atoms with van der Waals surface area (Å²) in [6, 6.07) is 5.01. The molecule has 0 spiro atoms. The van der Waals surface area contributed by atoms with Crippen molar-refractivity contribution in [1.29, 1.82) is 0 Å². The lowest BCUT2D eigenvalue weighted by atomic mass is 10.0. The van der Waals surface area contributed by atoms with Crippen molar-refractivity contribution in [2.45, 2.75) is 39.7 Å². The van der Waals surface area contributed by atoms with Crippen molar-refractivity contribution < 1.29 is 4.39 Å². The van der Waals surface area contributed by atoms with Crippen molar-refractivity contribution in [3.05, 3.63) is 29.6 Å². The first-order valence-corrected chi connectivity index (χ1v) is 6.40. The van der Waals surface area contributed by atoms with Crippen molar-refractivity contribution in [3.63, 3.8) is 0 Å². The van der Waals surface area contributed by atoms with Crippen LogP contribution in [0.4, 0.5) is 10.1 Å². The molecule has 0 amide bonds. The Morgan fingerprint density at radius 1 is 1.35 bits per heavy atom. The van der Waals surface area contributed by atoms with Crippen LogP contribution in [0.1, 0.15) is 45.2 Å². The fourth-order valence-corrected chi connectivity index (χ4v) is 2.01. The fraction of sp³-hybridized carbons (Fsp3) is 0.571. The van der Waals surface area contributed by atoms with Gasteiger partial charge in [0.15, 0.2) is 0 Å². The molecule has 0 aliphatic carbocycles. The highest BCUT2D eigenvalue weighted by Crippen LogP contribution is 2.28. The topological polar surface area (TPSA) is 29.3 Å². The smallest absolute Gasteiger partial charge is 0.146 e. The minimum Gasteiger partial charge on any atom is -0.369 e. The molecule has 0 aromatic heterocycles. The van der Waals surface area contributed by atoms with E-state index in [4.69, 9.17) is 5.73 Å². The van der Waals surface area contributed by atoms with Gasteiger partial charge in [-0.1, -0.05) is 25.5 Å². The summed E-state index contributed by atoms with van der Waals surface area (Å²) < 4.78 is 14.0. The molecule has 0 bridgehead atoms. The predicted molar refractivity (Wildman–Crippen MR) is 71.8 cm³/mol. The van der Waals surface area contributed by atoms with E-state index in [0.29, 0.717) is 5.69 Å². The van der Waals surface area contributed by atoms with Crippen LogP contribution < -0.4 is 10.6 Å². The van der Waals surface area contributed by atoms with Crippen molar-refractivity contribution in [1.82, 2.24) is 0 Å². The number of para-hydroxylation sites is 1. The van der Waals surface area contributed by atoms with Crippen LogP contribution in [0.2, 0.25) is 0 Å².